The second-order valence-electron chi connectivity index (χ2n) is 3.44. The standard InChI is InChI=1S/C8H17P/c1-7-5-4-6-8(7)9(2)3/h7-8H,4-6H2,1-3H3. The third kappa shape index (κ3) is 1.67. The maximum absolute atomic E-state index is 2.42. The maximum Gasteiger partial charge on any atom is -0.0188 e. The van der Waals surface area contributed by atoms with E-state index in [1.165, 1.54) is 19.3 Å². The molecule has 0 bridgehead atoms. The Labute approximate surface area is 59.8 Å². The van der Waals surface area contributed by atoms with Gasteiger partial charge in [-0.15, -0.1) is 7.92 Å². The molecule has 1 heteroatoms. The van der Waals surface area contributed by atoms with Crippen LogP contribution in [-0.4, -0.2) is 19.0 Å². The van der Waals surface area contributed by atoms with Gasteiger partial charge in [-0.2, -0.15) is 0 Å². The summed E-state index contributed by atoms with van der Waals surface area (Å²) in [7, 11) is 0.359. The fourth-order valence-corrected chi connectivity index (χ4v) is 3.76. The number of rotatable bonds is 1. The molecule has 0 aromatic heterocycles. The third-order valence-electron chi connectivity index (χ3n) is 2.48. The van der Waals surface area contributed by atoms with Gasteiger partial charge in [0.25, 0.3) is 0 Å². The van der Waals surface area contributed by atoms with Gasteiger partial charge >= 0.3 is 0 Å². The molecule has 0 heterocycles. The van der Waals surface area contributed by atoms with Crippen molar-refractivity contribution in [2.45, 2.75) is 31.8 Å². The average molecular weight is 144 g/mol. The zero-order valence-corrected chi connectivity index (χ0v) is 7.62. The molecule has 9 heavy (non-hydrogen) atoms. The van der Waals surface area contributed by atoms with Gasteiger partial charge < -0.3 is 0 Å². The molecule has 0 nitrogen and oxygen atoms in total. The monoisotopic (exact) mass is 144 g/mol. The highest BCUT2D eigenvalue weighted by atomic mass is 31.1. The summed E-state index contributed by atoms with van der Waals surface area (Å²) in [6.45, 7) is 7.25. The SMILES string of the molecule is CC1CCCC1P(C)C. The normalized spacial score (nSPS) is 36.0. The molecule has 1 aliphatic rings. The summed E-state index contributed by atoms with van der Waals surface area (Å²) >= 11 is 0. The van der Waals surface area contributed by atoms with Crippen LogP contribution >= 0.6 is 7.92 Å². The Morgan fingerprint density at radius 1 is 1.22 bits per heavy atom. The van der Waals surface area contributed by atoms with Crippen molar-refractivity contribution >= 4 is 7.92 Å². The van der Waals surface area contributed by atoms with Gasteiger partial charge in [0.05, 0.1) is 0 Å². The number of hydrogen-bond acceptors (Lipinski definition) is 0. The Morgan fingerprint density at radius 2 is 1.89 bits per heavy atom. The van der Waals surface area contributed by atoms with Gasteiger partial charge in [0, 0.05) is 0 Å². The Balaban J connectivity index is 2.40. The first-order valence-electron chi connectivity index (χ1n) is 3.88. The summed E-state index contributed by atoms with van der Waals surface area (Å²) in [6, 6.07) is 0. The summed E-state index contributed by atoms with van der Waals surface area (Å²) < 4.78 is 0. The molecule has 0 aromatic carbocycles. The van der Waals surface area contributed by atoms with E-state index in [0.29, 0.717) is 7.92 Å². The summed E-state index contributed by atoms with van der Waals surface area (Å²) in [4.78, 5) is 0. The van der Waals surface area contributed by atoms with Crippen LogP contribution in [0.5, 0.6) is 0 Å². The maximum atomic E-state index is 2.42. The highest BCUT2D eigenvalue weighted by Gasteiger charge is 2.25. The van der Waals surface area contributed by atoms with Crippen molar-refractivity contribution in [2.24, 2.45) is 5.92 Å². The van der Waals surface area contributed by atoms with E-state index in [1.54, 1.807) is 0 Å². The van der Waals surface area contributed by atoms with E-state index in [4.69, 9.17) is 0 Å². The largest absolute Gasteiger partial charge is 0.110 e. The molecule has 1 fully saturated rings. The summed E-state index contributed by atoms with van der Waals surface area (Å²) in [5.74, 6) is 1.03. The zero-order chi connectivity index (χ0) is 6.85. The first-order chi connectivity index (χ1) is 4.22. The van der Waals surface area contributed by atoms with Gasteiger partial charge in [-0.3, -0.25) is 0 Å². The van der Waals surface area contributed by atoms with E-state index in [9.17, 15) is 0 Å². The summed E-state index contributed by atoms with van der Waals surface area (Å²) in [6.07, 6.45) is 4.50. The quantitative estimate of drug-likeness (QED) is 0.496. The van der Waals surface area contributed by atoms with Crippen molar-refractivity contribution in [1.82, 2.24) is 0 Å². The van der Waals surface area contributed by atoms with E-state index in [1.807, 2.05) is 0 Å². The second-order valence-corrected chi connectivity index (χ2v) is 6.03. The van der Waals surface area contributed by atoms with Gasteiger partial charge in [0.1, 0.15) is 0 Å². The molecule has 1 rings (SSSR count). The minimum Gasteiger partial charge on any atom is -0.110 e. The van der Waals surface area contributed by atoms with Gasteiger partial charge in [-0.25, -0.2) is 0 Å². The van der Waals surface area contributed by atoms with E-state index in [2.05, 4.69) is 20.3 Å². The first kappa shape index (κ1) is 7.54. The fraction of sp³-hybridized carbons (Fsp3) is 1.00. The van der Waals surface area contributed by atoms with E-state index >= 15 is 0 Å². The van der Waals surface area contributed by atoms with Crippen molar-refractivity contribution in [1.29, 1.82) is 0 Å². The third-order valence-corrected chi connectivity index (χ3v) is 4.57. The van der Waals surface area contributed by atoms with Crippen LogP contribution < -0.4 is 0 Å². The van der Waals surface area contributed by atoms with Crippen LogP contribution in [0.3, 0.4) is 0 Å². The molecule has 54 valence electrons. The smallest absolute Gasteiger partial charge is 0.0188 e. The lowest BCUT2D eigenvalue weighted by Crippen LogP contribution is -2.06. The van der Waals surface area contributed by atoms with Gasteiger partial charge in [-0.1, -0.05) is 19.8 Å². The topological polar surface area (TPSA) is 0 Å². The lowest BCUT2D eigenvalue weighted by Gasteiger charge is -2.19. The van der Waals surface area contributed by atoms with Crippen molar-refractivity contribution in [2.75, 3.05) is 13.3 Å². The van der Waals surface area contributed by atoms with E-state index in [-0.39, 0.29) is 0 Å². The Kier molecular flexibility index (Phi) is 2.52. The van der Waals surface area contributed by atoms with Crippen LogP contribution in [0.2, 0.25) is 0 Å². The molecule has 0 aliphatic heterocycles. The molecule has 0 radical (unpaired) electrons. The second kappa shape index (κ2) is 3.01. The first-order valence-corrected chi connectivity index (χ1v) is 6.19. The molecule has 1 aliphatic carbocycles. The molecule has 1 saturated carbocycles. The predicted octanol–water partition coefficient (Wildman–Crippen LogP) is 2.92. The van der Waals surface area contributed by atoms with Gasteiger partial charge in [0.15, 0.2) is 0 Å². The van der Waals surface area contributed by atoms with Crippen LogP contribution in [0.4, 0.5) is 0 Å². The Bertz CT molecular complexity index is 88.6. The highest BCUT2D eigenvalue weighted by molar-refractivity contribution is 7.56. The average Bonchev–Trinajstić information content (AvgIpc) is 2.13. The Hall–Kier alpha value is 0.430. The molecule has 0 amide bonds. The molecule has 0 aromatic rings. The van der Waals surface area contributed by atoms with Crippen molar-refractivity contribution in [3.63, 3.8) is 0 Å². The fourth-order valence-electron chi connectivity index (χ4n) is 1.89. The molecule has 2 unspecified atom stereocenters. The van der Waals surface area contributed by atoms with Crippen LogP contribution in [-0.2, 0) is 0 Å². The molecule has 2 atom stereocenters. The van der Waals surface area contributed by atoms with E-state index in [0.717, 1.165) is 11.6 Å². The molecule has 0 saturated heterocycles. The minimum atomic E-state index is 0.359. The molecule has 0 spiro atoms. The van der Waals surface area contributed by atoms with Crippen LogP contribution in [0, 0.1) is 5.92 Å². The molecular formula is C8H17P. The van der Waals surface area contributed by atoms with Crippen molar-refractivity contribution in [3.8, 4) is 0 Å². The summed E-state index contributed by atoms with van der Waals surface area (Å²) in [5.41, 5.74) is 1.10. The van der Waals surface area contributed by atoms with Crippen molar-refractivity contribution < 1.29 is 0 Å². The van der Waals surface area contributed by atoms with E-state index < -0.39 is 0 Å². The number of hydrogen-bond donors (Lipinski definition) is 0. The van der Waals surface area contributed by atoms with Crippen molar-refractivity contribution in [3.05, 3.63) is 0 Å². The van der Waals surface area contributed by atoms with Gasteiger partial charge in [0.2, 0.25) is 0 Å². The lowest BCUT2D eigenvalue weighted by atomic mass is 10.1. The predicted molar refractivity (Wildman–Crippen MR) is 45.6 cm³/mol. The Morgan fingerprint density at radius 3 is 2.11 bits per heavy atom. The van der Waals surface area contributed by atoms with Crippen LogP contribution in [0.1, 0.15) is 26.2 Å². The lowest BCUT2D eigenvalue weighted by molar-refractivity contribution is 0.620. The molecular weight excluding hydrogens is 127 g/mol. The van der Waals surface area contributed by atoms with Gasteiger partial charge in [-0.05, 0) is 31.3 Å². The highest BCUT2D eigenvalue weighted by Crippen LogP contribution is 2.45. The summed E-state index contributed by atoms with van der Waals surface area (Å²) in [5, 5.41) is 0. The zero-order valence-electron chi connectivity index (χ0n) is 6.72. The van der Waals surface area contributed by atoms with Crippen LogP contribution in [0.15, 0.2) is 0 Å². The van der Waals surface area contributed by atoms with Crippen LogP contribution in [0.25, 0.3) is 0 Å². The minimum absolute atomic E-state index is 0.359. The molecule has 0 N–H and O–H groups in total.